The molecule has 1 atom stereocenters. The molecule has 160 valence electrons. The van der Waals surface area contributed by atoms with Gasteiger partial charge >= 0.3 is 0 Å². The molecule has 0 spiro atoms. The summed E-state index contributed by atoms with van der Waals surface area (Å²) in [5.74, 6) is 1.32. The molecular weight excluding hydrogens is 479 g/mol. The van der Waals surface area contributed by atoms with Crippen molar-refractivity contribution in [3.05, 3.63) is 56.0 Å². The van der Waals surface area contributed by atoms with Crippen LogP contribution in [0.5, 0.6) is 11.5 Å². The van der Waals surface area contributed by atoms with E-state index in [1.54, 1.807) is 19.1 Å². The Hall–Kier alpha value is -1.02. The van der Waals surface area contributed by atoms with Gasteiger partial charge in [-0.25, -0.2) is 0 Å². The van der Waals surface area contributed by atoms with Crippen molar-refractivity contribution in [2.45, 2.75) is 33.1 Å². The van der Waals surface area contributed by atoms with E-state index in [-0.39, 0.29) is 6.10 Å². The van der Waals surface area contributed by atoms with Crippen LogP contribution in [0.15, 0.2) is 34.8 Å². The van der Waals surface area contributed by atoms with Gasteiger partial charge in [0.2, 0.25) is 0 Å². The third kappa shape index (κ3) is 8.32. The number of hydrogen-bond donors (Lipinski definition) is 3. The lowest BCUT2D eigenvalue weighted by Crippen LogP contribution is -2.31. The van der Waals surface area contributed by atoms with Crippen LogP contribution in [0.1, 0.15) is 25.0 Å². The highest BCUT2D eigenvalue weighted by Gasteiger charge is 2.13. The summed E-state index contributed by atoms with van der Waals surface area (Å²) in [5.41, 5.74) is 1.92. The largest absolute Gasteiger partial charge is 0.490 e. The molecule has 0 radical (unpaired) electrons. The zero-order chi connectivity index (χ0) is 21.2. The van der Waals surface area contributed by atoms with E-state index in [9.17, 15) is 5.11 Å². The third-order valence-electron chi connectivity index (χ3n) is 4.00. The fourth-order valence-electron chi connectivity index (χ4n) is 2.64. The van der Waals surface area contributed by atoms with Crippen LogP contribution in [-0.2, 0) is 13.2 Å². The lowest BCUT2D eigenvalue weighted by molar-refractivity contribution is 0.191. The standard InChI is InChI=1S/C21H27BrCl2N2O3/c1-3-28-20-9-15(12-26-7-6-25-11-14(2)27)8-18(22)21(20)29-13-16-4-5-17(23)10-19(16)24/h4-5,8-10,14,25-27H,3,6-7,11-13H2,1-2H3/t14-/m1/s1. The van der Waals surface area contributed by atoms with Crippen molar-refractivity contribution in [1.82, 2.24) is 10.6 Å². The first-order chi connectivity index (χ1) is 13.9. The third-order valence-corrected chi connectivity index (χ3v) is 5.18. The molecular formula is C21H27BrCl2N2O3. The van der Waals surface area contributed by atoms with Crippen LogP contribution >= 0.6 is 39.1 Å². The molecule has 2 aromatic rings. The van der Waals surface area contributed by atoms with Crippen LogP contribution in [0.2, 0.25) is 10.0 Å². The second-order valence-electron chi connectivity index (χ2n) is 6.59. The molecule has 0 aliphatic rings. The lowest BCUT2D eigenvalue weighted by atomic mass is 10.2. The van der Waals surface area contributed by atoms with E-state index >= 15 is 0 Å². The van der Waals surface area contributed by atoms with Gasteiger partial charge in [0.05, 0.1) is 17.2 Å². The molecule has 0 saturated carbocycles. The minimum atomic E-state index is -0.338. The number of rotatable bonds is 12. The normalized spacial score (nSPS) is 12.1. The van der Waals surface area contributed by atoms with E-state index in [1.165, 1.54) is 0 Å². The van der Waals surface area contributed by atoms with E-state index in [0.29, 0.717) is 47.8 Å². The average Bonchev–Trinajstić information content (AvgIpc) is 2.65. The molecule has 0 aliphatic carbocycles. The maximum absolute atomic E-state index is 9.24. The molecule has 2 rings (SSSR count). The average molecular weight is 506 g/mol. The Morgan fingerprint density at radius 1 is 1.10 bits per heavy atom. The topological polar surface area (TPSA) is 62.8 Å². The summed E-state index contributed by atoms with van der Waals surface area (Å²) in [6.45, 7) is 7.40. The van der Waals surface area contributed by atoms with Gasteiger partial charge < -0.3 is 25.2 Å². The molecule has 0 fully saturated rings. The number of benzene rings is 2. The van der Waals surface area contributed by atoms with Gasteiger partial charge in [-0.1, -0.05) is 29.3 Å². The zero-order valence-corrected chi connectivity index (χ0v) is 19.7. The fourth-order valence-corrected chi connectivity index (χ4v) is 3.70. The van der Waals surface area contributed by atoms with Crippen molar-refractivity contribution >= 4 is 39.1 Å². The molecule has 5 nitrogen and oxygen atoms in total. The molecule has 2 aromatic carbocycles. The van der Waals surface area contributed by atoms with E-state index in [4.69, 9.17) is 32.7 Å². The predicted octanol–water partition coefficient (Wildman–Crippen LogP) is 4.79. The van der Waals surface area contributed by atoms with Gasteiger partial charge in [-0.15, -0.1) is 0 Å². The molecule has 3 N–H and O–H groups in total. The van der Waals surface area contributed by atoms with Crippen LogP contribution < -0.4 is 20.1 Å². The van der Waals surface area contributed by atoms with Crippen LogP contribution in [0.25, 0.3) is 0 Å². The van der Waals surface area contributed by atoms with Gasteiger partial charge in [0, 0.05) is 41.8 Å². The highest BCUT2D eigenvalue weighted by Crippen LogP contribution is 2.38. The second kappa shape index (κ2) is 12.6. The Balaban J connectivity index is 1.99. The number of aliphatic hydroxyl groups excluding tert-OH is 1. The van der Waals surface area contributed by atoms with Crippen molar-refractivity contribution in [3.8, 4) is 11.5 Å². The number of hydrogen-bond acceptors (Lipinski definition) is 5. The smallest absolute Gasteiger partial charge is 0.175 e. The highest BCUT2D eigenvalue weighted by atomic mass is 79.9. The van der Waals surface area contributed by atoms with Gasteiger partial charge in [0.25, 0.3) is 0 Å². The van der Waals surface area contributed by atoms with E-state index in [1.807, 2.05) is 25.1 Å². The number of aliphatic hydroxyl groups is 1. The number of nitrogens with one attached hydrogen (secondary N) is 2. The molecule has 0 amide bonds. The first-order valence-electron chi connectivity index (χ1n) is 9.52. The quantitative estimate of drug-likeness (QED) is 0.362. The van der Waals surface area contributed by atoms with E-state index in [0.717, 1.165) is 28.7 Å². The summed E-state index contributed by atoms with van der Waals surface area (Å²) >= 11 is 15.8. The summed E-state index contributed by atoms with van der Waals surface area (Å²) in [7, 11) is 0. The van der Waals surface area contributed by atoms with Crippen LogP contribution in [-0.4, -0.2) is 37.5 Å². The maximum Gasteiger partial charge on any atom is 0.175 e. The lowest BCUT2D eigenvalue weighted by Gasteiger charge is -2.16. The summed E-state index contributed by atoms with van der Waals surface area (Å²) < 4.78 is 12.6. The van der Waals surface area contributed by atoms with Crippen molar-refractivity contribution < 1.29 is 14.6 Å². The monoisotopic (exact) mass is 504 g/mol. The van der Waals surface area contributed by atoms with Crippen molar-refractivity contribution in [3.63, 3.8) is 0 Å². The van der Waals surface area contributed by atoms with Crippen LogP contribution in [0.3, 0.4) is 0 Å². The van der Waals surface area contributed by atoms with Crippen molar-refractivity contribution in [2.75, 3.05) is 26.2 Å². The zero-order valence-electron chi connectivity index (χ0n) is 16.6. The maximum atomic E-state index is 9.24. The fraction of sp³-hybridized carbons (Fsp3) is 0.429. The van der Waals surface area contributed by atoms with Gasteiger partial charge in [0.15, 0.2) is 11.5 Å². The van der Waals surface area contributed by atoms with Gasteiger partial charge in [-0.05, 0) is 59.6 Å². The first kappa shape index (κ1) is 24.3. The molecule has 0 aromatic heterocycles. The van der Waals surface area contributed by atoms with E-state index < -0.39 is 0 Å². The molecule has 29 heavy (non-hydrogen) atoms. The summed E-state index contributed by atoms with van der Waals surface area (Å²) in [6, 6.07) is 9.32. The highest BCUT2D eigenvalue weighted by molar-refractivity contribution is 9.10. The van der Waals surface area contributed by atoms with Gasteiger partial charge in [-0.2, -0.15) is 0 Å². The Labute approximate surface area is 190 Å². The Bertz CT molecular complexity index is 791. The minimum Gasteiger partial charge on any atom is -0.490 e. The predicted molar refractivity (Wildman–Crippen MR) is 122 cm³/mol. The number of halogens is 3. The summed E-state index contributed by atoms with van der Waals surface area (Å²) in [6.07, 6.45) is -0.338. The number of ether oxygens (including phenoxy) is 2. The molecule has 0 saturated heterocycles. The van der Waals surface area contributed by atoms with Gasteiger partial charge in [-0.3, -0.25) is 0 Å². The Morgan fingerprint density at radius 2 is 1.86 bits per heavy atom. The van der Waals surface area contributed by atoms with Gasteiger partial charge in [0.1, 0.15) is 6.61 Å². The molecule has 0 unspecified atom stereocenters. The SMILES string of the molecule is CCOc1cc(CNCCNC[C@@H](C)O)cc(Br)c1OCc1ccc(Cl)cc1Cl. The van der Waals surface area contributed by atoms with Crippen molar-refractivity contribution in [1.29, 1.82) is 0 Å². The molecule has 0 bridgehead atoms. The molecule has 8 heteroatoms. The minimum absolute atomic E-state index is 0.307. The summed E-state index contributed by atoms with van der Waals surface area (Å²) in [5, 5.41) is 16.9. The van der Waals surface area contributed by atoms with Crippen molar-refractivity contribution in [2.24, 2.45) is 0 Å². The molecule has 0 heterocycles. The van der Waals surface area contributed by atoms with Crippen LogP contribution in [0, 0.1) is 0 Å². The first-order valence-corrected chi connectivity index (χ1v) is 11.1. The second-order valence-corrected chi connectivity index (χ2v) is 8.29. The Morgan fingerprint density at radius 3 is 2.55 bits per heavy atom. The van der Waals surface area contributed by atoms with E-state index in [2.05, 4.69) is 26.6 Å². The molecule has 0 aliphatic heterocycles. The Kier molecular flexibility index (Phi) is 10.6. The van der Waals surface area contributed by atoms with Crippen LogP contribution in [0.4, 0.5) is 0 Å². The summed E-state index contributed by atoms with van der Waals surface area (Å²) in [4.78, 5) is 0.